The van der Waals surface area contributed by atoms with Crippen LogP contribution in [0.1, 0.15) is 36.7 Å². The molecule has 2 aromatic carbocycles. The summed E-state index contributed by atoms with van der Waals surface area (Å²) >= 11 is 0. The minimum absolute atomic E-state index is 0.00565. The summed E-state index contributed by atoms with van der Waals surface area (Å²) in [5, 5.41) is 2.82. The lowest BCUT2D eigenvalue weighted by Crippen LogP contribution is -2.28. The van der Waals surface area contributed by atoms with Gasteiger partial charge < -0.3 is 14.8 Å². The number of hydrogen-bond acceptors (Lipinski definition) is 4. The van der Waals surface area contributed by atoms with E-state index in [0.29, 0.717) is 30.4 Å². The van der Waals surface area contributed by atoms with E-state index in [2.05, 4.69) is 19.2 Å². The molecule has 138 valence electrons. The molecule has 2 rings (SSSR count). The minimum atomic E-state index is -0.214. The van der Waals surface area contributed by atoms with E-state index in [9.17, 15) is 9.59 Å². The molecule has 0 spiro atoms. The van der Waals surface area contributed by atoms with Gasteiger partial charge in [-0.15, -0.1) is 0 Å². The molecule has 1 N–H and O–H groups in total. The molecule has 0 atom stereocenters. The van der Waals surface area contributed by atoms with Crippen molar-refractivity contribution in [3.63, 3.8) is 0 Å². The summed E-state index contributed by atoms with van der Waals surface area (Å²) in [7, 11) is 0. The normalized spacial score (nSPS) is 10.5. The molecule has 0 saturated carbocycles. The van der Waals surface area contributed by atoms with Crippen molar-refractivity contribution in [1.29, 1.82) is 0 Å². The Morgan fingerprint density at radius 2 is 1.73 bits per heavy atom. The predicted molar refractivity (Wildman–Crippen MR) is 101 cm³/mol. The summed E-state index contributed by atoms with van der Waals surface area (Å²) in [6.45, 7) is 6.68. The van der Waals surface area contributed by atoms with Crippen LogP contribution in [0.25, 0.3) is 0 Å². The standard InChI is InChI=1S/C21H25NO4/c1-15(2)13-25-20-6-4-5-17(11-20)12-22-21(24)14-26-19-9-7-18(8-10-19)16(3)23/h4-11,15H,12-14H2,1-3H3,(H,22,24). The molecule has 0 aromatic heterocycles. The van der Waals surface area contributed by atoms with Crippen LogP contribution in [-0.4, -0.2) is 24.9 Å². The zero-order valence-corrected chi connectivity index (χ0v) is 15.5. The number of hydrogen-bond donors (Lipinski definition) is 1. The second kappa shape index (κ2) is 9.61. The molecule has 0 aliphatic rings. The highest BCUT2D eigenvalue weighted by Gasteiger charge is 2.05. The fourth-order valence-corrected chi connectivity index (χ4v) is 2.19. The highest BCUT2D eigenvalue weighted by Crippen LogP contribution is 2.15. The van der Waals surface area contributed by atoms with Gasteiger partial charge in [0.05, 0.1) is 6.61 Å². The van der Waals surface area contributed by atoms with Gasteiger partial charge in [0.2, 0.25) is 0 Å². The van der Waals surface area contributed by atoms with E-state index in [1.165, 1.54) is 6.92 Å². The van der Waals surface area contributed by atoms with Crippen LogP contribution in [0.2, 0.25) is 0 Å². The van der Waals surface area contributed by atoms with Crippen LogP contribution in [-0.2, 0) is 11.3 Å². The number of ether oxygens (including phenoxy) is 2. The Balaban J connectivity index is 1.77. The largest absolute Gasteiger partial charge is 0.493 e. The first-order valence-electron chi connectivity index (χ1n) is 8.66. The summed E-state index contributed by atoms with van der Waals surface area (Å²) in [6.07, 6.45) is 0. The van der Waals surface area contributed by atoms with Crippen molar-refractivity contribution < 1.29 is 19.1 Å². The molecule has 0 unspecified atom stereocenters. The second-order valence-electron chi connectivity index (χ2n) is 6.50. The van der Waals surface area contributed by atoms with Crippen LogP contribution in [0.15, 0.2) is 48.5 Å². The highest BCUT2D eigenvalue weighted by atomic mass is 16.5. The summed E-state index contributed by atoms with van der Waals surface area (Å²) in [6, 6.07) is 14.4. The summed E-state index contributed by atoms with van der Waals surface area (Å²) in [5.41, 5.74) is 1.58. The number of ketones is 1. The third-order valence-electron chi connectivity index (χ3n) is 3.60. The number of benzene rings is 2. The van der Waals surface area contributed by atoms with Crippen molar-refractivity contribution in [3.8, 4) is 11.5 Å². The number of Topliss-reactive ketones (excluding diaryl/α,β-unsaturated/α-hetero) is 1. The van der Waals surface area contributed by atoms with Crippen molar-refractivity contribution in [2.75, 3.05) is 13.2 Å². The number of amides is 1. The van der Waals surface area contributed by atoms with E-state index in [1.807, 2.05) is 24.3 Å². The van der Waals surface area contributed by atoms with Crippen LogP contribution < -0.4 is 14.8 Å². The van der Waals surface area contributed by atoms with E-state index in [-0.39, 0.29) is 18.3 Å². The van der Waals surface area contributed by atoms with Crippen molar-refractivity contribution in [1.82, 2.24) is 5.32 Å². The Hall–Kier alpha value is -2.82. The highest BCUT2D eigenvalue weighted by molar-refractivity contribution is 5.94. The Morgan fingerprint density at radius 3 is 2.38 bits per heavy atom. The molecule has 0 heterocycles. The van der Waals surface area contributed by atoms with E-state index in [0.717, 1.165) is 11.3 Å². The molecule has 0 radical (unpaired) electrons. The maximum atomic E-state index is 11.9. The quantitative estimate of drug-likeness (QED) is 0.698. The molecular weight excluding hydrogens is 330 g/mol. The average Bonchev–Trinajstić information content (AvgIpc) is 2.63. The fraction of sp³-hybridized carbons (Fsp3) is 0.333. The Labute approximate surface area is 154 Å². The SMILES string of the molecule is CC(=O)c1ccc(OCC(=O)NCc2cccc(OCC(C)C)c2)cc1. The number of carbonyl (C=O) groups excluding carboxylic acids is 2. The van der Waals surface area contributed by atoms with Gasteiger partial charge in [-0.2, -0.15) is 0 Å². The summed E-state index contributed by atoms with van der Waals surface area (Å²) in [4.78, 5) is 23.2. The Morgan fingerprint density at radius 1 is 1.00 bits per heavy atom. The lowest BCUT2D eigenvalue weighted by molar-refractivity contribution is -0.123. The van der Waals surface area contributed by atoms with E-state index in [4.69, 9.17) is 9.47 Å². The maximum absolute atomic E-state index is 11.9. The van der Waals surface area contributed by atoms with Crippen LogP contribution >= 0.6 is 0 Å². The van der Waals surface area contributed by atoms with Crippen LogP contribution in [0.4, 0.5) is 0 Å². The predicted octanol–water partition coefficient (Wildman–Crippen LogP) is 3.62. The third-order valence-corrected chi connectivity index (χ3v) is 3.60. The van der Waals surface area contributed by atoms with Gasteiger partial charge in [0.15, 0.2) is 12.4 Å². The van der Waals surface area contributed by atoms with Gasteiger partial charge in [-0.05, 0) is 54.8 Å². The molecule has 0 aliphatic heterocycles. The molecule has 5 nitrogen and oxygen atoms in total. The first-order chi connectivity index (χ1) is 12.4. The van der Waals surface area contributed by atoms with Gasteiger partial charge >= 0.3 is 0 Å². The molecule has 0 fully saturated rings. The monoisotopic (exact) mass is 355 g/mol. The minimum Gasteiger partial charge on any atom is -0.493 e. The van der Waals surface area contributed by atoms with E-state index >= 15 is 0 Å². The van der Waals surface area contributed by atoms with Gasteiger partial charge in [-0.1, -0.05) is 26.0 Å². The van der Waals surface area contributed by atoms with Crippen molar-refractivity contribution in [2.45, 2.75) is 27.3 Å². The summed E-state index contributed by atoms with van der Waals surface area (Å²) < 4.78 is 11.1. The van der Waals surface area contributed by atoms with Crippen molar-refractivity contribution in [3.05, 3.63) is 59.7 Å². The molecule has 0 saturated heterocycles. The van der Waals surface area contributed by atoms with Crippen LogP contribution in [0, 0.1) is 5.92 Å². The first kappa shape index (κ1) is 19.5. The first-order valence-corrected chi connectivity index (χ1v) is 8.66. The molecule has 5 heteroatoms. The zero-order valence-electron chi connectivity index (χ0n) is 15.5. The zero-order chi connectivity index (χ0) is 18.9. The molecule has 1 amide bonds. The molecule has 26 heavy (non-hydrogen) atoms. The lowest BCUT2D eigenvalue weighted by atomic mass is 10.1. The van der Waals surface area contributed by atoms with E-state index in [1.54, 1.807) is 24.3 Å². The lowest BCUT2D eigenvalue weighted by Gasteiger charge is -2.11. The average molecular weight is 355 g/mol. The van der Waals surface area contributed by atoms with Gasteiger partial charge in [-0.25, -0.2) is 0 Å². The third kappa shape index (κ3) is 6.59. The van der Waals surface area contributed by atoms with Gasteiger partial charge in [-0.3, -0.25) is 9.59 Å². The van der Waals surface area contributed by atoms with Gasteiger partial charge in [0.1, 0.15) is 11.5 Å². The smallest absolute Gasteiger partial charge is 0.258 e. The van der Waals surface area contributed by atoms with Gasteiger partial charge in [0, 0.05) is 12.1 Å². The van der Waals surface area contributed by atoms with E-state index < -0.39 is 0 Å². The number of carbonyl (C=O) groups is 2. The van der Waals surface area contributed by atoms with Crippen molar-refractivity contribution >= 4 is 11.7 Å². The second-order valence-corrected chi connectivity index (χ2v) is 6.50. The molecule has 0 aliphatic carbocycles. The fourth-order valence-electron chi connectivity index (χ4n) is 2.19. The molecule has 2 aromatic rings. The topological polar surface area (TPSA) is 64.6 Å². The Bertz CT molecular complexity index is 738. The van der Waals surface area contributed by atoms with Crippen LogP contribution in [0.5, 0.6) is 11.5 Å². The summed E-state index contributed by atoms with van der Waals surface area (Å²) in [5.74, 6) is 1.59. The number of rotatable bonds is 9. The van der Waals surface area contributed by atoms with Crippen molar-refractivity contribution in [2.24, 2.45) is 5.92 Å². The van der Waals surface area contributed by atoms with Gasteiger partial charge in [0.25, 0.3) is 5.91 Å². The molecular formula is C21H25NO4. The number of nitrogens with one attached hydrogen (secondary N) is 1. The van der Waals surface area contributed by atoms with Crippen LogP contribution in [0.3, 0.4) is 0 Å². The maximum Gasteiger partial charge on any atom is 0.258 e. The molecule has 0 bridgehead atoms. The Kier molecular flexibility index (Phi) is 7.21.